The maximum absolute atomic E-state index is 11.4. The van der Waals surface area contributed by atoms with E-state index in [0.29, 0.717) is 18.6 Å². The van der Waals surface area contributed by atoms with Gasteiger partial charge in [0.1, 0.15) is 5.78 Å². The standard InChI is InChI=1S/C13H26N2O2/c1-5-13(17)14-8-6-9-15(4)10-7-12(16)11(2)3/h11H,5-10H2,1-4H3,(H,14,17). The Morgan fingerprint density at radius 3 is 2.41 bits per heavy atom. The van der Waals surface area contributed by atoms with Crippen LogP contribution >= 0.6 is 0 Å². The number of nitrogens with zero attached hydrogens (tertiary/aromatic N) is 1. The fourth-order valence-corrected chi connectivity index (χ4v) is 1.40. The Morgan fingerprint density at radius 2 is 1.88 bits per heavy atom. The quantitative estimate of drug-likeness (QED) is 0.623. The third-order valence-corrected chi connectivity index (χ3v) is 2.74. The average Bonchev–Trinajstić information content (AvgIpc) is 2.30. The molecule has 0 bridgehead atoms. The van der Waals surface area contributed by atoms with Crippen molar-refractivity contribution >= 4 is 11.7 Å². The van der Waals surface area contributed by atoms with E-state index in [0.717, 1.165) is 26.1 Å². The van der Waals surface area contributed by atoms with Crippen LogP contribution in [0.5, 0.6) is 0 Å². The molecule has 0 aromatic carbocycles. The SMILES string of the molecule is CCC(=O)NCCCN(C)CCC(=O)C(C)C. The largest absolute Gasteiger partial charge is 0.356 e. The van der Waals surface area contributed by atoms with Crippen LogP contribution < -0.4 is 5.32 Å². The monoisotopic (exact) mass is 242 g/mol. The second kappa shape index (κ2) is 9.16. The van der Waals surface area contributed by atoms with E-state index in [-0.39, 0.29) is 11.8 Å². The lowest BCUT2D eigenvalue weighted by Crippen LogP contribution is -2.29. The first-order valence-corrected chi connectivity index (χ1v) is 6.45. The molecule has 0 radical (unpaired) electrons. The van der Waals surface area contributed by atoms with Crippen molar-refractivity contribution in [3.8, 4) is 0 Å². The predicted octanol–water partition coefficient (Wildman–Crippen LogP) is 1.45. The zero-order valence-corrected chi connectivity index (χ0v) is 11.6. The lowest BCUT2D eigenvalue weighted by molar-refractivity contribution is -0.122. The molecule has 0 aliphatic rings. The van der Waals surface area contributed by atoms with Crippen LogP contribution in [0.1, 0.15) is 40.0 Å². The molecule has 0 aliphatic carbocycles. The Morgan fingerprint density at radius 1 is 1.24 bits per heavy atom. The minimum Gasteiger partial charge on any atom is -0.356 e. The van der Waals surface area contributed by atoms with Gasteiger partial charge in [-0.05, 0) is 20.0 Å². The summed E-state index contributed by atoms with van der Waals surface area (Å²) in [4.78, 5) is 24.5. The second-order valence-corrected chi connectivity index (χ2v) is 4.73. The van der Waals surface area contributed by atoms with Gasteiger partial charge in [-0.3, -0.25) is 9.59 Å². The second-order valence-electron chi connectivity index (χ2n) is 4.73. The number of ketones is 1. The maximum Gasteiger partial charge on any atom is 0.219 e. The van der Waals surface area contributed by atoms with Crippen molar-refractivity contribution in [2.24, 2.45) is 5.92 Å². The van der Waals surface area contributed by atoms with Crippen LogP contribution in [0.4, 0.5) is 0 Å². The third kappa shape index (κ3) is 8.86. The molecule has 1 N–H and O–H groups in total. The van der Waals surface area contributed by atoms with Gasteiger partial charge in [0.05, 0.1) is 0 Å². The number of rotatable bonds is 9. The third-order valence-electron chi connectivity index (χ3n) is 2.74. The molecule has 0 saturated carbocycles. The number of Topliss-reactive ketones (excluding diaryl/α,β-unsaturated/α-hetero) is 1. The van der Waals surface area contributed by atoms with Gasteiger partial charge < -0.3 is 10.2 Å². The van der Waals surface area contributed by atoms with E-state index >= 15 is 0 Å². The normalized spacial score (nSPS) is 10.9. The average molecular weight is 242 g/mol. The molecule has 0 rings (SSSR count). The molecule has 0 unspecified atom stereocenters. The van der Waals surface area contributed by atoms with Gasteiger partial charge in [0.25, 0.3) is 0 Å². The minimum atomic E-state index is 0.0997. The zero-order chi connectivity index (χ0) is 13.3. The Kier molecular flexibility index (Phi) is 8.68. The van der Waals surface area contributed by atoms with E-state index < -0.39 is 0 Å². The van der Waals surface area contributed by atoms with E-state index in [1.54, 1.807) is 0 Å². The predicted molar refractivity (Wildman–Crippen MR) is 69.9 cm³/mol. The Labute approximate surface area is 105 Å². The van der Waals surface area contributed by atoms with Gasteiger partial charge in [0.2, 0.25) is 5.91 Å². The molecule has 0 fully saturated rings. The van der Waals surface area contributed by atoms with Crippen molar-refractivity contribution in [3.05, 3.63) is 0 Å². The van der Waals surface area contributed by atoms with Crippen LogP contribution in [0.3, 0.4) is 0 Å². The topological polar surface area (TPSA) is 49.4 Å². The van der Waals surface area contributed by atoms with Crippen molar-refractivity contribution in [1.29, 1.82) is 0 Å². The van der Waals surface area contributed by atoms with E-state index in [4.69, 9.17) is 0 Å². The summed E-state index contributed by atoms with van der Waals surface area (Å²) in [5.41, 5.74) is 0. The molecule has 4 nitrogen and oxygen atoms in total. The number of hydrogen-bond acceptors (Lipinski definition) is 3. The van der Waals surface area contributed by atoms with Crippen LogP contribution in [0.2, 0.25) is 0 Å². The van der Waals surface area contributed by atoms with Gasteiger partial charge in [0, 0.05) is 31.8 Å². The van der Waals surface area contributed by atoms with Gasteiger partial charge >= 0.3 is 0 Å². The van der Waals surface area contributed by atoms with Gasteiger partial charge in [-0.1, -0.05) is 20.8 Å². The molecule has 0 aromatic heterocycles. The van der Waals surface area contributed by atoms with Crippen molar-refractivity contribution in [3.63, 3.8) is 0 Å². The molecule has 0 aromatic rings. The van der Waals surface area contributed by atoms with Gasteiger partial charge in [0.15, 0.2) is 0 Å². The molecule has 0 atom stereocenters. The number of hydrogen-bond donors (Lipinski definition) is 1. The molecule has 0 heterocycles. The van der Waals surface area contributed by atoms with Crippen molar-refractivity contribution in [2.45, 2.75) is 40.0 Å². The fourth-order valence-electron chi connectivity index (χ4n) is 1.40. The summed E-state index contributed by atoms with van der Waals surface area (Å²) in [6.45, 7) is 8.15. The Hall–Kier alpha value is -0.900. The van der Waals surface area contributed by atoms with Crippen molar-refractivity contribution < 1.29 is 9.59 Å². The summed E-state index contributed by atoms with van der Waals surface area (Å²) in [5, 5.41) is 2.84. The summed E-state index contributed by atoms with van der Waals surface area (Å²) in [7, 11) is 2.01. The highest BCUT2D eigenvalue weighted by atomic mass is 16.1. The number of nitrogens with one attached hydrogen (secondary N) is 1. The van der Waals surface area contributed by atoms with E-state index in [1.165, 1.54) is 0 Å². The number of carbonyl (C=O) groups excluding carboxylic acids is 2. The van der Waals surface area contributed by atoms with Gasteiger partial charge in [-0.15, -0.1) is 0 Å². The van der Waals surface area contributed by atoms with Gasteiger partial charge in [-0.25, -0.2) is 0 Å². The van der Waals surface area contributed by atoms with Crippen molar-refractivity contribution in [2.75, 3.05) is 26.7 Å². The summed E-state index contributed by atoms with van der Waals surface area (Å²) >= 11 is 0. The van der Waals surface area contributed by atoms with Crippen LogP contribution in [0.25, 0.3) is 0 Å². The maximum atomic E-state index is 11.4. The van der Waals surface area contributed by atoms with E-state index in [1.807, 2.05) is 27.8 Å². The molecule has 1 amide bonds. The summed E-state index contributed by atoms with van der Waals surface area (Å²) in [6.07, 6.45) is 2.09. The van der Waals surface area contributed by atoms with E-state index in [9.17, 15) is 9.59 Å². The summed E-state index contributed by atoms with van der Waals surface area (Å²) in [6, 6.07) is 0. The van der Waals surface area contributed by atoms with Crippen LogP contribution in [-0.2, 0) is 9.59 Å². The first kappa shape index (κ1) is 16.1. The summed E-state index contributed by atoms with van der Waals surface area (Å²) in [5.74, 6) is 0.547. The summed E-state index contributed by atoms with van der Waals surface area (Å²) < 4.78 is 0. The molecular formula is C13H26N2O2. The Bertz CT molecular complexity index is 240. The lowest BCUT2D eigenvalue weighted by atomic mass is 10.1. The zero-order valence-electron chi connectivity index (χ0n) is 11.6. The number of carbonyl (C=O) groups is 2. The Balaban J connectivity index is 3.50. The molecule has 4 heteroatoms. The highest BCUT2D eigenvalue weighted by Crippen LogP contribution is 2.00. The molecule has 0 saturated heterocycles. The van der Waals surface area contributed by atoms with Crippen LogP contribution in [-0.4, -0.2) is 43.3 Å². The minimum absolute atomic E-state index is 0.0997. The molecular weight excluding hydrogens is 216 g/mol. The number of amides is 1. The van der Waals surface area contributed by atoms with Gasteiger partial charge in [-0.2, -0.15) is 0 Å². The molecule has 0 spiro atoms. The molecule has 100 valence electrons. The fraction of sp³-hybridized carbons (Fsp3) is 0.846. The van der Waals surface area contributed by atoms with E-state index in [2.05, 4.69) is 10.2 Å². The smallest absolute Gasteiger partial charge is 0.219 e. The highest BCUT2D eigenvalue weighted by Gasteiger charge is 2.08. The van der Waals surface area contributed by atoms with Crippen molar-refractivity contribution in [1.82, 2.24) is 10.2 Å². The van der Waals surface area contributed by atoms with Crippen LogP contribution in [0, 0.1) is 5.92 Å². The lowest BCUT2D eigenvalue weighted by Gasteiger charge is -2.16. The first-order valence-electron chi connectivity index (χ1n) is 6.45. The van der Waals surface area contributed by atoms with Crippen LogP contribution in [0.15, 0.2) is 0 Å². The molecule has 17 heavy (non-hydrogen) atoms. The molecule has 0 aliphatic heterocycles. The highest BCUT2D eigenvalue weighted by molar-refractivity contribution is 5.80. The first-order chi connectivity index (χ1) is 7.97.